The van der Waals surface area contributed by atoms with Gasteiger partial charge in [-0.3, -0.25) is 9.59 Å². The molecule has 2 unspecified atom stereocenters. The van der Waals surface area contributed by atoms with Gasteiger partial charge in [-0.25, -0.2) is 4.68 Å². The fourth-order valence-corrected chi connectivity index (χ4v) is 4.38. The minimum atomic E-state index is -0.498. The number of hydrogen-bond donors (Lipinski definition) is 1. The molecule has 0 spiro atoms. The lowest BCUT2D eigenvalue weighted by Gasteiger charge is -2.19. The van der Waals surface area contributed by atoms with E-state index >= 15 is 0 Å². The lowest BCUT2D eigenvalue weighted by Crippen LogP contribution is -2.38. The van der Waals surface area contributed by atoms with Crippen LogP contribution in [0.2, 0.25) is 0 Å². The summed E-state index contributed by atoms with van der Waals surface area (Å²) in [5.74, 6) is -0.299. The van der Waals surface area contributed by atoms with Crippen molar-refractivity contribution < 1.29 is 9.59 Å². The molecule has 2 fully saturated rings. The minimum Gasteiger partial charge on any atom is -0.355 e. The molecule has 2 aliphatic rings. The molecular weight excluding hydrogens is 366 g/mol. The maximum Gasteiger partial charge on any atom is 0.235 e. The molecule has 0 aliphatic carbocycles. The van der Waals surface area contributed by atoms with Gasteiger partial charge in [-0.2, -0.15) is 0 Å². The number of hydrogen-bond acceptors (Lipinski definition) is 4. The summed E-state index contributed by atoms with van der Waals surface area (Å²) in [6, 6.07) is 14.5. The van der Waals surface area contributed by atoms with E-state index in [2.05, 4.69) is 39.9 Å². The third kappa shape index (κ3) is 3.48. The monoisotopic (exact) mass is 389 g/mol. The predicted molar refractivity (Wildman–Crippen MR) is 108 cm³/mol. The van der Waals surface area contributed by atoms with Crippen molar-refractivity contribution >= 4 is 22.6 Å². The van der Waals surface area contributed by atoms with Crippen molar-refractivity contribution in [3.63, 3.8) is 0 Å². The fourth-order valence-electron chi connectivity index (χ4n) is 4.38. The Bertz CT molecular complexity index is 1080. The van der Waals surface area contributed by atoms with Crippen molar-refractivity contribution in [3.05, 3.63) is 54.4 Å². The van der Waals surface area contributed by atoms with Crippen molar-refractivity contribution in [2.45, 2.75) is 19.3 Å². The van der Waals surface area contributed by atoms with Crippen LogP contribution >= 0.6 is 0 Å². The molecule has 2 amide bonds. The molecule has 1 aromatic heterocycles. The number of carbonyl (C=O) groups is 2. The van der Waals surface area contributed by atoms with E-state index in [4.69, 9.17) is 0 Å². The average Bonchev–Trinajstić information content (AvgIpc) is 3.49. The van der Waals surface area contributed by atoms with Crippen molar-refractivity contribution in [3.8, 4) is 5.69 Å². The summed E-state index contributed by atoms with van der Waals surface area (Å²) < 4.78 is 1.81. The highest BCUT2D eigenvalue weighted by atomic mass is 16.2. The molecule has 7 heteroatoms. The molecular formula is C22H23N5O2. The van der Waals surface area contributed by atoms with Crippen LogP contribution in [0.1, 0.15) is 18.5 Å². The zero-order chi connectivity index (χ0) is 19.8. The van der Waals surface area contributed by atoms with E-state index in [0.29, 0.717) is 32.0 Å². The quantitative estimate of drug-likeness (QED) is 0.692. The number of amides is 2. The number of fused-ring (bicyclic) bond motifs is 1. The average molecular weight is 389 g/mol. The molecule has 2 aromatic carbocycles. The number of nitrogens with one attached hydrogen (secondary N) is 1. The molecule has 3 heterocycles. The fraction of sp³-hybridized carbons (Fsp3) is 0.364. The van der Waals surface area contributed by atoms with Crippen LogP contribution in [0.5, 0.6) is 0 Å². The third-order valence-electron chi connectivity index (χ3n) is 5.98. The Morgan fingerprint density at radius 2 is 2.00 bits per heavy atom. The van der Waals surface area contributed by atoms with Crippen LogP contribution in [0.15, 0.2) is 48.7 Å². The molecule has 5 rings (SSSR count). The first-order chi connectivity index (χ1) is 14.2. The van der Waals surface area contributed by atoms with Gasteiger partial charge in [0.15, 0.2) is 0 Å². The van der Waals surface area contributed by atoms with Crippen LogP contribution in [0.25, 0.3) is 16.5 Å². The number of rotatable bonds is 4. The highest BCUT2D eigenvalue weighted by molar-refractivity contribution is 6.01. The molecule has 1 N–H and O–H groups in total. The Kier molecular flexibility index (Phi) is 4.50. The SMILES string of the molecule is O=C1NCCC1C(=O)N1CCC(Cc2cn(-c3ccc4ccccc4c3)nn2)C1. The van der Waals surface area contributed by atoms with Crippen molar-refractivity contribution in [2.75, 3.05) is 19.6 Å². The summed E-state index contributed by atoms with van der Waals surface area (Å²) >= 11 is 0. The number of nitrogens with zero attached hydrogens (tertiary/aromatic N) is 4. The van der Waals surface area contributed by atoms with Crippen molar-refractivity contribution in [1.29, 1.82) is 0 Å². The van der Waals surface area contributed by atoms with Crippen molar-refractivity contribution in [2.24, 2.45) is 11.8 Å². The maximum absolute atomic E-state index is 12.6. The highest BCUT2D eigenvalue weighted by Gasteiger charge is 2.37. The van der Waals surface area contributed by atoms with E-state index in [1.54, 1.807) is 0 Å². The molecule has 0 saturated carbocycles. The van der Waals surface area contributed by atoms with E-state index < -0.39 is 5.92 Å². The molecule has 0 radical (unpaired) electrons. The van der Waals surface area contributed by atoms with Gasteiger partial charge in [0.1, 0.15) is 5.92 Å². The van der Waals surface area contributed by atoms with E-state index in [9.17, 15) is 9.59 Å². The number of aromatic nitrogens is 3. The first-order valence-electron chi connectivity index (χ1n) is 10.1. The predicted octanol–water partition coefficient (Wildman–Crippen LogP) is 1.95. The molecule has 148 valence electrons. The molecule has 2 saturated heterocycles. The Balaban J connectivity index is 1.24. The molecule has 3 aromatic rings. The van der Waals surface area contributed by atoms with E-state index in [0.717, 1.165) is 24.2 Å². The molecule has 2 atom stereocenters. The molecule has 2 aliphatic heterocycles. The van der Waals surface area contributed by atoms with Gasteiger partial charge >= 0.3 is 0 Å². The summed E-state index contributed by atoms with van der Waals surface area (Å²) in [6.07, 6.45) is 4.30. The van der Waals surface area contributed by atoms with E-state index in [-0.39, 0.29) is 11.8 Å². The van der Waals surface area contributed by atoms with Crippen LogP contribution in [0, 0.1) is 11.8 Å². The van der Waals surface area contributed by atoms with Gasteiger partial charge in [0.25, 0.3) is 0 Å². The van der Waals surface area contributed by atoms with Gasteiger partial charge in [-0.15, -0.1) is 5.10 Å². The summed E-state index contributed by atoms with van der Waals surface area (Å²) in [5, 5.41) is 13.8. The van der Waals surface area contributed by atoms with E-state index in [1.807, 2.05) is 34.0 Å². The molecule has 7 nitrogen and oxygen atoms in total. The van der Waals surface area contributed by atoms with Crippen LogP contribution < -0.4 is 5.32 Å². The Morgan fingerprint density at radius 3 is 2.83 bits per heavy atom. The maximum atomic E-state index is 12.6. The smallest absolute Gasteiger partial charge is 0.235 e. The van der Waals surface area contributed by atoms with Gasteiger partial charge in [-0.05, 0) is 48.1 Å². The second kappa shape index (κ2) is 7.31. The van der Waals surface area contributed by atoms with Gasteiger partial charge in [0.2, 0.25) is 11.8 Å². The first kappa shape index (κ1) is 17.8. The molecule has 0 bridgehead atoms. The lowest BCUT2D eigenvalue weighted by atomic mass is 10.0. The summed E-state index contributed by atoms with van der Waals surface area (Å²) in [5.41, 5.74) is 1.91. The lowest BCUT2D eigenvalue weighted by molar-refractivity contribution is -0.139. The van der Waals surface area contributed by atoms with Crippen LogP contribution in [-0.4, -0.2) is 51.3 Å². The van der Waals surface area contributed by atoms with Crippen LogP contribution in [0.3, 0.4) is 0 Å². The van der Waals surface area contributed by atoms with E-state index in [1.165, 1.54) is 10.8 Å². The standard InChI is InChI=1S/C22H23N5O2/c28-21-20(7-9-23-21)22(29)26-10-8-15(13-26)11-18-14-27(25-24-18)19-6-5-16-3-1-2-4-17(16)12-19/h1-6,12,14-15,20H,7-11,13H2,(H,23,28). The topological polar surface area (TPSA) is 80.1 Å². The minimum absolute atomic E-state index is 0.0256. The zero-order valence-electron chi connectivity index (χ0n) is 16.1. The second-order valence-electron chi connectivity index (χ2n) is 7.96. The van der Waals surface area contributed by atoms with Crippen LogP contribution in [0.4, 0.5) is 0 Å². The van der Waals surface area contributed by atoms with Gasteiger partial charge in [-0.1, -0.05) is 35.5 Å². The zero-order valence-corrected chi connectivity index (χ0v) is 16.1. The highest BCUT2D eigenvalue weighted by Crippen LogP contribution is 2.24. The Hall–Kier alpha value is -3.22. The number of carbonyl (C=O) groups excluding carboxylic acids is 2. The van der Waals surface area contributed by atoms with Gasteiger partial charge < -0.3 is 10.2 Å². The van der Waals surface area contributed by atoms with Gasteiger partial charge in [0, 0.05) is 19.6 Å². The summed E-state index contributed by atoms with van der Waals surface area (Å²) in [7, 11) is 0. The summed E-state index contributed by atoms with van der Waals surface area (Å²) in [4.78, 5) is 26.2. The third-order valence-corrected chi connectivity index (χ3v) is 5.98. The number of benzene rings is 2. The second-order valence-corrected chi connectivity index (χ2v) is 7.96. The Labute approximate surface area is 168 Å². The molecule has 29 heavy (non-hydrogen) atoms. The first-order valence-corrected chi connectivity index (χ1v) is 10.1. The van der Waals surface area contributed by atoms with Crippen molar-refractivity contribution in [1.82, 2.24) is 25.2 Å². The Morgan fingerprint density at radius 1 is 1.14 bits per heavy atom. The number of likely N-dealkylation sites (tertiary alicyclic amines) is 1. The van der Waals surface area contributed by atoms with Gasteiger partial charge in [0.05, 0.1) is 17.6 Å². The summed E-state index contributed by atoms with van der Waals surface area (Å²) in [6.45, 7) is 2.00. The largest absolute Gasteiger partial charge is 0.355 e. The normalized spacial score (nSPS) is 21.7. The van der Waals surface area contributed by atoms with Crippen LogP contribution in [-0.2, 0) is 16.0 Å².